The fraction of sp³-hybridized carbons (Fsp3) is 0.477. The van der Waals surface area contributed by atoms with E-state index in [1.807, 2.05) is 0 Å². The number of aliphatic carboxylic acids is 2. The first-order valence-corrected chi connectivity index (χ1v) is 23.1. The zero-order chi connectivity index (χ0) is 48.0. The number of likely N-dealkylation sites (tertiary alicyclic amines) is 1. The molecule has 7 rings (SSSR count). The van der Waals surface area contributed by atoms with Gasteiger partial charge in [0.05, 0.1) is 58.5 Å². The topological polar surface area (TPSA) is 313 Å². The molecule has 5 aliphatic heterocycles. The fourth-order valence-corrected chi connectivity index (χ4v) is 12.9. The number of carbonyl (C=O) groups excluding carboxylic acids is 4. The highest BCUT2D eigenvalue weighted by Gasteiger charge is 2.61. The van der Waals surface area contributed by atoms with E-state index in [1.54, 1.807) is 19.9 Å². The highest BCUT2D eigenvalue weighted by atomic mass is 32.2. The van der Waals surface area contributed by atoms with Gasteiger partial charge in [0, 0.05) is 45.8 Å². The van der Waals surface area contributed by atoms with Crippen molar-refractivity contribution in [3.05, 3.63) is 70.3 Å². The highest BCUT2D eigenvalue weighted by Crippen LogP contribution is 2.52. The van der Waals surface area contributed by atoms with Crippen LogP contribution >= 0.6 is 23.5 Å². The van der Waals surface area contributed by atoms with Crippen LogP contribution in [0, 0.1) is 23.7 Å². The molecule has 352 valence electrons. The SMILES string of the molecule is C[C@H]1[C@H]([C@H](C(=O)N2C[C@H](SC3=C(C(=O)O)N4C(=O)[C@H]([C@@H](C)O)[C@H]4[C@H]3C)C[C@H]2C(=O)Nc2cccc(C(=O)O)c2)[C@H](C)O)N=C(C(=O)O)[C@H]1S[C@@H]1CN[C@H](C(=O)Nc2cccc(C(=O)O)c2)C1. The van der Waals surface area contributed by atoms with Gasteiger partial charge in [-0.2, -0.15) is 0 Å². The van der Waals surface area contributed by atoms with E-state index < -0.39 is 118 Å². The third kappa shape index (κ3) is 9.28. The molecule has 0 saturated carbocycles. The number of amides is 4. The van der Waals surface area contributed by atoms with Gasteiger partial charge in [-0.05, 0) is 69.0 Å². The van der Waals surface area contributed by atoms with Gasteiger partial charge >= 0.3 is 23.9 Å². The van der Waals surface area contributed by atoms with E-state index in [4.69, 9.17) is 0 Å². The molecule has 5 aliphatic rings. The van der Waals surface area contributed by atoms with E-state index in [-0.39, 0.29) is 58.5 Å². The number of benzene rings is 2. The number of thioether (sulfide) groups is 2. The zero-order valence-electron chi connectivity index (χ0n) is 36.1. The van der Waals surface area contributed by atoms with Gasteiger partial charge in [-0.15, -0.1) is 23.5 Å². The predicted molar refractivity (Wildman–Crippen MR) is 240 cm³/mol. The Morgan fingerprint density at radius 3 is 1.97 bits per heavy atom. The van der Waals surface area contributed by atoms with Gasteiger partial charge in [0.2, 0.25) is 23.6 Å². The summed E-state index contributed by atoms with van der Waals surface area (Å²) in [6, 6.07) is 7.59. The average molecular weight is 951 g/mol. The van der Waals surface area contributed by atoms with Gasteiger partial charge in [-0.3, -0.25) is 24.2 Å². The normalized spacial score (nSPS) is 29.4. The van der Waals surface area contributed by atoms with E-state index in [0.29, 0.717) is 11.4 Å². The average Bonchev–Trinajstić information content (AvgIpc) is 4.03. The number of hydrogen-bond acceptors (Lipinski definition) is 14. The Labute approximate surface area is 386 Å². The van der Waals surface area contributed by atoms with E-state index >= 15 is 0 Å². The van der Waals surface area contributed by atoms with Gasteiger partial charge in [0.15, 0.2) is 0 Å². The Bertz CT molecular complexity index is 2430. The Balaban J connectivity index is 1.12. The maximum Gasteiger partial charge on any atom is 0.353 e. The molecule has 9 N–H and O–H groups in total. The summed E-state index contributed by atoms with van der Waals surface area (Å²) >= 11 is 2.36. The molecule has 22 heteroatoms. The molecule has 0 spiro atoms. The number of carboxylic acid groups (broad SMARTS) is 4. The molecule has 2 aromatic rings. The van der Waals surface area contributed by atoms with Crippen molar-refractivity contribution in [1.29, 1.82) is 0 Å². The number of anilines is 2. The summed E-state index contributed by atoms with van der Waals surface area (Å²) in [4.78, 5) is 111. The standard InChI is InChI=1S/C44H50N6O14S2/c1-17-31(48-32(43(61)62)35(17)65-25-13-27(45-15-25)37(53)46-23-9-5-7-21(11-23)41(57)58)29(19(3)51)39(55)49-16-26(14-28(49)38(54)47-24-10-6-8-22(12-24)42(59)60)66-36-18(2)33-30(20(4)52)40(56)50(33)34(36)44(63)64/h5-12,17-20,25-31,33,35,45,51-52H,13-16H2,1-4H3,(H,46,53)(H,47,54)(H,57,58)(H,59,60)(H,61,62)(H,63,64)/t17-,18+,19-,20+,25-,26+,27-,28-,29+,30+,31+,33+,35-/m0/s1. The third-order valence-electron chi connectivity index (χ3n) is 12.9. The second-order valence-corrected chi connectivity index (χ2v) is 20.1. The number of aliphatic hydroxyl groups excluding tert-OH is 2. The molecule has 0 aromatic heterocycles. The molecule has 20 nitrogen and oxygen atoms in total. The number of rotatable bonds is 16. The summed E-state index contributed by atoms with van der Waals surface area (Å²) in [5, 5.41) is 68.1. The minimum atomic E-state index is -1.42. The van der Waals surface area contributed by atoms with E-state index in [2.05, 4.69) is 20.9 Å². The van der Waals surface area contributed by atoms with Gasteiger partial charge in [-0.1, -0.05) is 26.0 Å². The highest BCUT2D eigenvalue weighted by molar-refractivity contribution is 8.03. The molecule has 66 heavy (non-hydrogen) atoms. The Kier molecular flexibility index (Phi) is 14.0. The Hall–Kier alpha value is -5.81. The van der Waals surface area contributed by atoms with Crippen molar-refractivity contribution in [3.8, 4) is 0 Å². The maximum absolute atomic E-state index is 15.0. The van der Waals surface area contributed by atoms with Crippen LogP contribution in [0.5, 0.6) is 0 Å². The minimum Gasteiger partial charge on any atom is -0.478 e. The summed E-state index contributed by atoms with van der Waals surface area (Å²) in [6.45, 7) is 6.43. The third-order valence-corrected chi connectivity index (χ3v) is 16.1. The van der Waals surface area contributed by atoms with Crippen LogP contribution in [0.3, 0.4) is 0 Å². The first kappa shape index (κ1) is 48.1. The minimum absolute atomic E-state index is 0.00740. The van der Waals surface area contributed by atoms with Crippen LogP contribution in [0.1, 0.15) is 61.3 Å². The number of fused-ring (bicyclic) bond motifs is 1. The number of carboxylic acids is 4. The molecule has 0 unspecified atom stereocenters. The largest absolute Gasteiger partial charge is 0.478 e. The first-order chi connectivity index (χ1) is 31.2. The van der Waals surface area contributed by atoms with E-state index in [0.717, 1.165) is 11.8 Å². The zero-order valence-corrected chi connectivity index (χ0v) is 37.7. The number of aromatic carboxylic acids is 2. The van der Waals surface area contributed by atoms with Crippen LogP contribution in [0.2, 0.25) is 0 Å². The van der Waals surface area contributed by atoms with Crippen LogP contribution in [0.4, 0.5) is 11.4 Å². The van der Waals surface area contributed by atoms with Gasteiger partial charge in [0.1, 0.15) is 17.5 Å². The molecule has 0 radical (unpaired) electrons. The van der Waals surface area contributed by atoms with E-state index in [1.165, 1.54) is 77.9 Å². The predicted octanol–water partition coefficient (Wildman–Crippen LogP) is 1.89. The molecule has 2 aromatic carbocycles. The summed E-state index contributed by atoms with van der Waals surface area (Å²) in [5.41, 5.74) is -0.195. The molecule has 4 amide bonds. The first-order valence-electron chi connectivity index (χ1n) is 21.3. The van der Waals surface area contributed by atoms with Crippen molar-refractivity contribution < 1.29 is 69.0 Å². The molecule has 3 saturated heterocycles. The lowest BCUT2D eigenvalue weighted by Crippen LogP contribution is -2.63. The van der Waals surface area contributed by atoms with Crippen molar-refractivity contribution in [2.24, 2.45) is 28.7 Å². The molecule has 0 bridgehead atoms. The van der Waals surface area contributed by atoms with Crippen LogP contribution < -0.4 is 16.0 Å². The number of β-lactam (4-membered cyclic amide) rings is 1. The van der Waals surface area contributed by atoms with Crippen LogP contribution in [0.15, 0.2) is 64.1 Å². The lowest BCUT2D eigenvalue weighted by atomic mass is 9.79. The quantitative estimate of drug-likeness (QED) is 0.109. The molecular formula is C44H50N6O14S2. The van der Waals surface area contributed by atoms with Crippen molar-refractivity contribution in [2.45, 2.75) is 92.7 Å². The van der Waals surface area contributed by atoms with E-state index in [9.17, 15) is 69.0 Å². The van der Waals surface area contributed by atoms with Gasteiger partial charge in [-0.25, -0.2) is 19.2 Å². The van der Waals surface area contributed by atoms with Crippen molar-refractivity contribution in [2.75, 3.05) is 23.7 Å². The maximum atomic E-state index is 15.0. The molecule has 0 aliphatic carbocycles. The summed E-state index contributed by atoms with van der Waals surface area (Å²) in [7, 11) is 0. The number of hydrogen-bond donors (Lipinski definition) is 9. The Morgan fingerprint density at radius 1 is 0.818 bits per heavy atom. The molecule has 3 fully saturated rings. The number of nitrogens with one attached hydrogen (secondary N) is 3. The number of aliphatic imine (C=N–C) groups is 1. The van der Waals surface area contributed by atoms with Crippen molar-refractivity contribution in [3.63, 3.8) is 0 Å². The van der Waals surface area contributed by atoms with Crippen LogP contribution in [0.25, 0.3) is 0 Å². The van der Waals surface area contributed by atoms with Crippen molar-refractivity contribution >= 4 is 88.1 Å². The Morgan fingerprint density at radius 2 is 1.42 bits per heavy atom. The van der Waals surface area contributed by atoms with Crippen LogP contribution in [-0.2, 0) is 28.8 Å². The number of carbonyl (C=O) groups is 8. The second-order valence-electron chi connectivity index (χ2n) is 17.3. The van der Waals surface area contributed by atoms with Gasteiger partial charge in [0.25, 0.3) is 0 Å². The van der Waals surface area contributed by atoms with Crippen molar-refractivity contribution in [1.82, 2.24) is 15.1 Å². The molecule has 5 heterocycles. The molecule has 13 atom stereocenters. The summed E-state index contributed by atoms with van der Waals surface area (Å²) in [6.07, 6.45) is -2.22. The molecular weight excluding hydrogens is 901 g/mol. The monoisotopic (exact) mass is 950 g/mol. The second kappa shape index (κ2) is 19.2. The lowest BCUT2D eigenvalue weighted by molar-refractivity contribution is -0.163. The smallest absolute Gasteiger partial charge is 0.353 e. The lowest BCUT2D eigenvalue weighted by Gasteiger charge is -2.46. The fourth-order valence-electron chi connectivity index (χ4n) is 9.74. The number of aliphatic hydroxyl groups is 2. The van der Waals surface area contributed by atoms with Crippen LogP contribution in [-0.4, -0.2) is 159 Å². The summed E-state index contributed by atoms with van der Waals surface area (Å²) in [5.74, 6) is -10.9. The summed E-state index contributed by atoms with van der Waals surface area (Å²) < 4.78 is 0. The van der Waals surface area contributed by atoms with Gasteiger partial charge < -0.3 is 56.4 Å². The number of nitrogens with zero attached hydrogens (tertiary/aromatic N) is 3.